The zero-order valence-electron chi connectivity index (χ0n) is 26.4. The van der Waals surface area contributed by atoms with E-state index in [1.807, 2.05) is 66.4 Å². The van der Waals surface area contributed by atoms with Crippen LogP contribution in [-0.2, 0) is 4.74 Å². The number of ether oxygens (including phenoxy) is 1. The molecular weight excluding hydrogens is 583 g/mol. The molecule has 44 heavy (non-hydrogen) atoms. The van der Waals surface area contributed by atoms with Crippen LogP contribution in [0.25, 0.3) is 28.0 Å². The molecule has 232 valence electrons. The van der Waals surface area contributed by atoms with Gasteiger partial charge in [-0.2, -0.15) is 4.98 Å². The first-order chi connectivity index (χ1) is 20.7. The monoisotopic (exact) mass is 620 g/mol. The summed E-state index contributed by atoms with van der Waals surface area (Å²) in [6.07, 6.45) is 1.33. The second kappa shape index (κ2) is 11.8. The third kappa shape index (κ3) is 6.00. The average molecular weight is 621 g/mol. The van der Waals surface area contributed by atoms with Gasteiger partial charge in [-0.05, 0) is 77.3 Å². The fourth-order valence-corrected chi connectivity index (χ4v) is 5.84. The van der Waals surface area contributed by atoms with E-state index in [1.165, 1.54) is 10.6 Å². The highest BCUT2D eigenvalue weighted by molar-refractivity contribution is 6.33. The summed E-state index contributed by atoms with van der Waals surface area (Å²) in [7, 11) is 0. The van der Waals surface area contributed by atoms with Crippen LogP contribution in [0.2, 0.25) is 5.02 Å². The van der Waals surface area contributed by atoms with Crippen molar-refractivity contribution in [2.24, 2.45) is 0 Å². The number of halogens is 2. The SMILES string of the molecule is Cc1ccc(F)c(-c2nc3c(cc2Cl)c(N2CCN(C(=O)OC(C)(C)C)CC2C)nc(=O)n3-c2c(C)ccnc2C(C)C)c1. The number of rotatable bonds is 4. The summed E-state index contributed by atoms with van der Waals surface area (Å²) in [5, 5.41) is 0.754. The van der Waals surface area contributed by atoms with Gasteiger partial charge in [0.1, 0.15) is 17.2 Å². The standard InChI is InChI=1S/C33H38ClFN6O3/c1-18(2)26-28(20(4)11-12-36-26)41-30-23(16-24(34)27(37-30)22-15-19(3)9-10-25(22)35)29(38-31(41)42)40-14-13-39(17-21(40)5)32(43)44-33(6,7)8/h9-12,15-16,18,21H,13-14,17H2,1-8H3. The summed E-state index contributed by atoms with van der Waals surface area (Å²) in [6, 6.07) is 8.08. The molecule has 1 unspecified atom stereocenters. The largest absolute Gasteiger partial charge is 0.444 e. The van der Waals surface area contributed by atoms with E-state index >= 15 is 4.39 Å². The summed E-state index contributed by atoms with van der Waals surface area (Å²) in [5.41, 5.74) is 2.55. The van der Waals surface area contributed by atoms with E-state index in [-0.39, 0.29) is 34.3 Å². The summed E-state index contributed by atoms with van der Waals surface area (Å²) in [5.74, 6) is -0.0794. The number of aryl methyl sites for hydroxylation is 2. The van der Waals surface area contributed by atoms with Crippen LogP contribution in [0.15, 0.2) is 41.3 Å². The lowest BCUT2D eigenvalue weighted by atomic mass is 10.0. The molecule has 0 N–H and O–H groups in total. The summed E-state index contributed by atoms with van der Waals surface area (Å²) in [4.78, 5) is 44.6. The number of amides is 1. The van der Waals surface area contributed by atoms with Crippen LogP contribution in [0, 0.1) is 19.7 Å². The molecule has 0 aliphatic carbocycles. The van der Waals surface area contributed by atoms with Gasteiger partial charge in [0.05, 0.1) is 27.5 Å². The van der Waals surface area contributed by atoms with Crippen molar-refractivity contribution in [2.45, 2.75) is 73.0 Å². The van der Waals surface area contributed by atoms with Crippen molar-refractivity contribution in [3.63, 3.8) is 0 Å². The number of benzene rings is 1. The molecule has 5 rings (SSSR count). The first-order valence-electron chi connectivity index (χ1n) is 14.8. The number of anilines is 1. The Morgan fingerprint density at radius 1 is 1.11 bits per heavy atom. The van der Waals surface area contributed by atoms with Crippen LogP contribution in [-0.4, -0.2) is 61.8 Å². The highest BCUT2D eigenvalue weighted by Gasteiger charge is 2.33. The van der Waals surface area contributed by atoms with E-state index in [9.17, 15) is 9.59 Å². The molecule has 1 amide bonds. The predicted molar refractivity (Wildman–Crippen MR) is 172 cm³/mol. The minimum Gasteiger partial charge on any atom is -0.444 e. The lowest BCUT2D eigenvalue weighted by molar-refractivity contribution is 0.0218. The Hall–Kier alpha value is -4.05. The molecule has 1 atom stereocenters. The molecule has 9 nitrogen and oxygen atoms in total. The zero-order valence-corrected chi connectivity index (χ0v) is 27.2. The molecule has 1 aliphatic rings. The summed E-state index contributed by atoms with van der Waals surface area (Å²) in [6.45, 7) is 16.4. The number of hydrogen-bond donors (Lipinski definition) is 0. The van der Waals surface area contributed by atoms with E-state index in [0.29, 0.717) is 47.9 Å². The van der Waals surface area contributed by atoms with Gasteiger partial charge in [-0.15, -0.1) is 0 Å². The molecule has 4 aromatic rings. The number of nitrogens with zero attached hydrogens (tertiary/aromatic N) is 6. The van der Waals surface area contributed by atoms with Gasteiger partial charge in [-0.1, -0.05) is 37.1 Å². The van der Waals surface area contributed by atoms with E-state index < -0.39 is 17.1 Å². The van der Waals surface area contributed by atoms with Gasteiger partial charge in [0, 0.05) is 37.4 Å². The smallest absolute Gasteiger partial charge is 0.410 e. The molecule has 1 aliphatic heterocycles. The van der Waals surface area contributed by atoms with Crippen molar-refractivity contribution in [1.29, 1.82) is 0 Å². The van der Waals surface area contributed by atoms with Crippen LogP contribution in [0.4, 0.5) is 15.0 Å². The van der Waals surface area contributed by atoms with Gasteiger partial charge < -0.3 is 14.5 Å². The third-order valence-corrected chi connectivity index (χ3v) is 7.94. The van der Waals surface area contributed by atoms with Gasteiger partial charge in [0.15, 0.2) is 5.65 Å². The molecule has 1 fully saturated rings. The number of carbonyl (C=O) groups is 1. The highest BCUT2D eigenvalue weighted by Crippen LogP contribution is 2.36. The van der Waals surface area contributed by atoms with Crippen molar-refractivity contribution in [3.8, 4) is 16.9 Å². The molecule has 1 saturated heterocycles. The Morgan fingerprint density at radius 3 is 2.50 bits per heavy atom. The minimum atomic E-state index is -0.615. The predicted octanol–water partition coefficient (Wildman–Crippen LogP) is 6.82. The Kier molecular flexibility index (Phi) is 8.41. The molecule has 1 aromatic carbocycles. The summed E-state index contributed by atoms with van der Waals surface area (Å²) < 4.78 is 22.2. The van der Waals surface area contributed by atoms with Crippen molar-refractivity contribution in [1.82, 2.24) is 24.4 Å². The quantitative estimate of drug-likeness (QED) is 0.247. The van der Waals surface area contributed by atoms with Gasteiger partial charge in [-0.25, -0.2) is 23.5 Å². The number of fused-ring (bicyclic) bond motifs is 1. The molecule has 3 aromatic heterocycles. The highest BCUT2D eigenvalue weighted by atomic mass is 35.5. The van der Waals surface area contributed by atoms with Gasteiger partial charge in [0.2, 0.25) is 0 Å². The minimum absolute atomic E-state index is 0.00605. The number of hydrogen-bond acceptors (Lipinski definition) is 7. The summed E-state index contributed by atoms with van der Waals surface area (Å²) >= 11 is 6.84. The zero-order chi connectivity index (χ0) is 32.1. The Morgan fingerprint density at radius 2 is 1.84 bits per heavy atom. The first kappa shape index (κ1) is 31.4. The van der Waals surface area contributed by atoms with Crippen molar-refractivity contribution in [3.05, 3.63) is 74.7 Å². The fourth-order valence-electron chi connectivity index (χ4n) is 5.58. The molecule has 0 bridgehead atoms. The number of aromatic nitrogens is 4. The van der Waals surface area contributed by atoms with E-state index in [1.54, 1.807) is 29.3 Å². The van der Waals surface area contributed by atoms with Crippen LogP contribution >= 0.6 is 11.6 Å². The Bertz CT molecular complexity index is 1820. The van der Waals surface area contributed by atoms with Gasteiger partial charge in [-0.3, -0.25) is 4.98 Å². The van der Waals surface area contributed by atoms with Crippen LogP contribution in [0.1, 0.15) is 64.3 Å². The number of carbonyl (C=O) groups excluding carboxylic acids is 1. The number of piperazine rings is 1. The lowest BCUT2D eigenvalue weighted by Crippen LogP contribution is -2.55. The van der Waals surface area contributed by atoms with Crippen LogP contribution in [0.5, 0.6) is 0 Å². The Labute approximate surface area is 261 Å². The van der Waals surface area contributed by atoms with Crippen LogP contribution in [0.3, 0.4) is 0 Å². The second-order valence-electron chi connectivity index (χ2n) is 12.7. The van der Waals surface area contributed by atoms with Crippen molar-refractivity contribution >= 4 is 34.5 Å². The Balaban J connectivity index is 1.73. The molecule has 0 radical (unpaired) electrons. The maximum absolute atomic E-state index is 15.2. The van der Waals surface area contributed by atoms with E-state index in [4.69, 9.17) is 21.3 Å². The maximum Gasteiger partial charge on any atom is 0.410 e. The second-order valence-corrected chi connectivity index (χ2v) is 13.1. The number of pyridine rings is 2. The molecule has 0 saturated carbocycles. The molecular formula is C33H38ClFN6O3. The van der Waals surface area contributed by atoms with Crippen molar-refractivity contribution in [2.75, 3.05) is 24.5 Å². The van der Waals surface area contributed by atoms with E-state index in [0.717, 1.165) is 11.1 Å². The molecule has 4 heterocycles. The lowest BCUT2D eigenvalue weighted by Gasteiger charge is -2.41. The fraction of sp³-hybridized carbons (Fsp3) is 0.424. The van der Waals surface area contributed by atoms with Gasteiger partial charge in [0.25, 0.3) is 0 Å². The molecule has 0 spiro atoms. The normalized spacial score (nSPS) is 15.8. The van der Waals surface area contributed by atoms with E-state index in [2.05, 4.69) is 9.97 Å². The maximum atomic E-state index is 15.2. The van der Waals surface area contributed by atoms with Crippen molar-refractivity contribution < 1.29 is 13.9 Å². The van der Waals surface area contributed by atoms with Crippen LogP contribution < -0.4 is 10.6 Å². The van der Waals surface area contributed by atoms with Gasteiger partial charge >= 0.3 is 11.8 Å². The average Bonchev–Trinajstić information content (AvgIpc) is 2.93. The first-order valence-corrected chi connectivity index (χ1v) is 15.1. The third-order valence-electron chi connectivity index (χ3n) is 7.65. The topological polar surface area (TPSA) is 93.5 Å². The molecule has 11 heteroatoms.